The van der Waals surface area contributed by atoms with Gasteiger partial charge in [-0.1, -0.05) is 42.5 Å². The van der Waals surface area contributed by atoms with Crippen LogP contribution in [0.3, 0.4) is 0 Å². The van der Waals surface area contributed by atoms with E-state index >= 15 is 0 Å². The van der Waals surface area contributed by atoms with Gasteiger partial charge in [0.25, 0.3) is 5.91 Å². The Hall–Kier alpha value is -3.02. The van der Waals surface area contributed by atoms with Crippen LogP contribution in [0, 0.1) is 0 Å². The number of methoxy groups -OCH3 is 1. The highest BCUT2D eigenvalue weighted by molar-refractivity contribution is 5.84. The van der Waals surface area contributed by atoms with Crippen LogP contribution in [-0.2, 0) is 16.0 Å². The average Bonchev–Trinajstić information content (AvgIpc) is 2.64. The monoisotopic (exact) mass is 327 g/mol. The van der Waals surface area contributed by atoms with Gasteiger partial charge < -0.3 is 10.1 Å². The summed E-state index contributed by atoms with van der Waals surface area (Å²) in [4.78, 5) is 23.5. The van der Waals surface area contributed by atoms with Crippen LogP contribution in [0.5, 0.6) is 5.75 Å². The van der Waals surface area contributed by atoms with Crippen molar-refractivity contribution in [2.45, 2.75) is 12.8 Å². The molecular formula is C18H21N3O3. The summed E-state index contributed by atoms with van der Waals surface area (Å²) in [5.74, 6) is 0.0793. The van der Waals surface area contributed by atoms with Gasteiger partial charge in [0.2, 0.25) is 5.91 Å². The molecule has 0 aromatic heterocycles. The van der Waals surface area contributed by atoms with Crippen molar-refractivity contribution in [2.24, 2.45) is 0 Å². The number of hydrogen-bond acceptors (Lipinski definition) is 4. The van der Waals surface area contributed by atoms with Crippen LogP contribution in [0.4, 0.5) is 5.69 Å². The van der Waals surface area contributed by atoms with E-state index in [4.69, 9.17) is 4.74 Å². The minimum Gasteiger partial charge on any atom is -0.495 e. The maximum atomic E-state index is 11.8. The lowest BCUT2D eigenvalue weighted by Crippen LogP contribution is -2.44. The Kier molecular flexibility index (Phi) is 6.64. The molecule has 0 saturated heterocycles. The zero-order chi connectivity index (χ0) is 17.2. The molecule has 2 amide bonds. The number of amides is 2. The van der Waals surface area contributed by atoms with E-state index in [-0.39, 0.29) is 18.4 Å². The Morgan fingerprint density at radius 1 is 0.917 bits per heavy atom. The molecule has 2 aromatic rings. The molecular weight excluding hydrogens is 306 g/mol. The second-order valence-electron chi connectivity index (χ2n) is 5.14. The van der Waals surface area contributed by atoms with Crippen LogP contribution in [-0.4, -0.2) is 25.5 Å². The zero-order valence-electron chi connectivity index (χ0n) is 13.5. The van der Waals surface area contributed by atoms with E-state index in [0.29, 0.717) is 24.3 Å². The molecule has 0 bridgehead atoms. The Labute approximate surface area is 141 Å². The highest BCUT2D eigenvalue weighted by Crippen LogP contribution is 2.22. The molecule has 3 N–H and O–H groups in total. The van der Waals surface area contributed by atoms with Crippen molar-refractivity contribution >= 4 is 17.5 Å². The number of aryl methyl sites for hydroxylation is 1. The summed E-state index contributed by atoms with van der Waals surface area (Å²) in [7, 11) is 1.56. The lowest BCUT2D eigenvalue weighted by molar-refractivity contribution is -0.128. The number of ether oxygens (including phenoxy) is 1. The van der Waals surface area contributed by atoms with Crippen LogP contribution in [0.15, 0.2) is 54.6 Å². The Bertz CT molecular complexity index is 674. The molecule has 0 saturated carbocycles. The van der Waals surface area contributed by atoms with Gasteiger partial charge in [-0.25, -0.2) is 0 Å². The number of carbonyl (C=O) groups is 2. The minimum absolute atomic E-state index is 0.0271. The van der Waals surface area contributed by atoms with Gasteiger partial charge in [-0.3, -0.25) is 20.4 Å². The lowest BCUT2D eigenvalue weighted by Gasteiger charge is -2.11. The number of nitrogens with one attached hydrogen (secondary N) is 3. The summed E-state index contributed by atoms with van der Waals surface area (Å²) >= 11 is 0. The zero-order valence-corrected chi connectivity index (χ0v) is 13.5. The Morgan fingerprint density at radius 2 is 1.58 bits per heavy atom. The highest BCUT2D eigenvalue weighted by atomic mass is 16.5. The molecule has 0 fully saturated rings. The standard InChI is InChI=1S/C18H21N3O3/c1-24-16-10-6-5-9-15(16)19-13-18(23)21-20-17(22)12-11-14-7-3-2-4-8-14/h2-10,19H,11-13H2,1H3,(H,20,22)(H,21,23). The van der Waals surface area contributed by atoms with Gasteiger partial charge in [0.05, 0.1) is 19.3 Å². The third-order valence-electron chi connectivity index (χ3n) is 3.37. The van der Waals surface area contributed by atoms with Gasteiger partial charge in [-0.15, -0.1) is 0 Å². The number of benzene rings is 2. The quantitative estimate of drug-likeness (QED) is 0.679. The molecule has 2 aromatic carbocycles. The van der Waals surface area contributed by atoms with E-state index in [9.17, 15) is 9.59 Å². The number of hydrazine groups is 1. The second-order valence-corrected chi connectivity index (χ2v) is 5.14. The molecule has 0 heterocycles. The van der Waals surface area contributed by atoms with E-state index in [0.717, 1.165) is 5.56 Å². The largest absolute Gasteiger partial charge is 0.495 e. The van der Waals surface area contributed by atoms with Gasteiger partial charge in [-0.05, 0) is 24.1 Å². The first kappa shape index (κ1) is 17.3. The first-order valence-corrected chi connectivity index (χ1v) is 7.67. The van der Waals surface area contributed by atoms with Gasteiger partial charge in [-0.2, -0.15) is 0 Å². The van der Waals surface area contributed by atoms with Gasteiger partial charge >= 0.3 is 0 Å². The van der Waals surface area contributed by atoms with Crippen molar-refractivity contribution in [2.75, 3.05) is 19.0 Å². The van der Waals surface area contributed by atoms with Crippen molar-refractivity contribution in [1.29, 1.82) is 0 Å². The SMILES string of the molecule is COc1ccccc1NCC(=O)NNC(=O)CCc1ccccc1. The normalized spacial score (nSPS) is 9.88. The minimum atomic E-state index is -0.339. The fraction of sp³-hybridized carbons (Fsp3) is 0.222. The number of anilines is 1. The predicted molar refractivity (Wildman–Crippen MR) is 92.5 cm³/mol. The van der Waals surface area contributed by atoms with Crippen LogP contribution in [0.25, 0.3) is 0 Å². The number of carbonyl (C=O) groups excluding carboxylic acids is 2. The first-order chi connectivity index (χ1) is 11.7. The Morgan fingerprint density at radius 3 is 2.33 bits per heavy atom. The molecule has 0 radical (unpaired) electrons. The van der Waals surface area contributed by atoms with Crippen molar-refractivity contribution < 1.29 is 14.3 Å². The van der Waals surface area contributed by atoms with Crippen molar-refractivity contribution in [3.8, 4) is 5.75 Å². The van der Waals surface area contributed by atoms with Crippen LogP contribution in [0.2, 0.25) is 0 Å². The van der Waals surface area contributed by atoms with Crippen molar-refractivity contribution in [3.05, 3.63) is 60.2 Å². The molecule has 0 spiro atoms. The summed E-state index contributed by atoms with van der Waals surface area (Å²) in [6.07, 6.45) is 0.937. The van der Waals surface area contributed by atoms with E-state index in [2.05, 4.69) is 16.2 Å². The first-order valence-electron chi connectivity index (χ1n) is 7.67. The maximum Gasteiger partial charge on any atom is 0.257 e. The number of hydrogen-bond donors (Lipinski definition) is 3. The number of rotatable bonds is 7. The molecule has 126 valence electrons. The fourth-order valence-electron chi connectivity index (χ4n) is 2.11. The molecule has 2 rings (SSSR count). The predicted octanol–water partition coefficient (Wildman–Crippen LogP) is 1.89. The van der Waals surface area contributed by atoms with E-state index in [1.807, 2.05) is 48.5 Å². The maximum absolute atomic E-state index is 11.8. The molecule has 0 unspecified atom stereocenters. The van der Waals surface area contributed by atoms with Crippen LogP contribution in [0.1, 0.15) is 12.0 Å². The molecule has 6 nitrogen and oxygen atoms in total. The molecule has 0 aliphatic rings. The van der Waals surface area contributed by atoms with E-state index in [1.54, 1.807) is 13.2 Å². The molecule has 6 heteroatoms. The average molecular weight is 327 g/mol. The van der Waals surface area contributed by atoms with Crippen LogP contribution < -0.4 is 20.9 Å². The Balaban J connectivity index is 1.68. The van der Waals surface area contributed by atoms with Crippen LogP contribution >= 0.6 is 0 Å². The fourth-order valence-corrected chi connectivity index (χ4v) is 2.11. The summed E-state index contributed by atoms with van der Waals surface area (Å²) in [6.45, 7) is 0.0271. The summed E-state index contributed by atoms with van der Waals surface area (Å²) in [5.41, 5.74) is 6.59. The summed E-state index contributed by atoms with van der Waals surface area (Å²) < 4.78 is 5.19. The highest BCUT2D eigenvalue weighted by Gasteiger charge is 2.07. The molecule has 0 aliphatic carbocycles. The smallest absolute Gasteiger partial charge is 0.257 e. The lowest BCUT2D eigenvalue weighted by atomic mass is 10.1. The second kappa shape index (κ2) is 9.19. The van der Waals surface area contributed by atoms with Crippen molar-refractivity contribution in [1.82, 2.24) is 10.9 Å². The topological polar surface area (TPSA) is 79.5 Å². The molecule has 0 aliphatic heterocycles. The summed E-state index contributed by atoms with van der Waals surface area (Å²) in [6, 6.07) is 17.0. The van der Waals surface area contributed by atoms with E-state index < -0.39 is 0 Å². The van der Waals surface area contributed by atoms with Gasteiger partial charge in [0.15, 0.2) is 0 Å². The summed E-state index contributed by atoms with van der Waals surface area (Å²) in [5, 5.41) is 2.96. The number of para-hydroxylation sites is 2. The van der Waals surface area contributed by atoms with Gasteiger partial charge in [0, 0.05) is 6.42 Å². The van der Waals surface area contributed by atoms with Crippen molar-refractivity contribution in [3.63, 3.8) is 0 Å². The third kappa shape index (κ3) is 5.64. The van der Waals surface area contributed by atoms with Gasteiger partial charge in [0.1, 0.15) is 5.75 Å². The third-order valence-corrected chi connectivity index (χ3v) is 3.37. The molecule has 0 atom stereocenters. The van der Waals surface area contributed by atoms with E-state index in [1.165, 1.54) is 0 Å². The molecule has 24 heavy (non-hydrogen) atoms.